The van der Waals surface area contributed by atoms with Crippen molar-refractivity contribution in [1.82, 2.24) is 0 Å². The van der Waals surface area contributed by atoms with Crippen LogP contribution in [0.1, 0.15) is 259 Å². The number of hydrogen-bond acceptors (Lipinski definition) is 15. The summed E-state index contributed by atoms with van der Waals surface area (Å²) in [4.78, 5) is 72.9. The molecule has 17 nitrogen and oxygen atoms in total. The van der Waals surface area contributed by atoms with Crippen molar-refractivity contribution in [2.75, 3.05) is 39.6 Å². The van der Waals surface area contributed by atoms with E-state index in [1.165, 1.54) is 0 Å². The van der Waals surface area contributed by atoms with Gasteiger partial charge in [-0.25, -0.2) is 9.13 Å². The average molecular weight is 1490 g/mol. The minimum absolute atomic E-state index is 0.0558. The second kappa shape index (κ2) is 75.1. The van der Waals surface area contributed by atoms with Gasteiger partial charge in [0, 0.05) is 19.3 Å². The van der Waals surface area contributed by atoms with Gasteiger partial charge in [0.25, 0.3) is 0 Å². The van der Waals surface area contributed by atoms with Crippen LogP contribution in [0, 0.1) is 0 Å². The summed E-state index contributed by atoms with van der Waals surface area (Å²) in [6.07, 6.45) is 91.7. The van der Waals surface area contributed by atoms with E-state index >= 15 is 0 Å². The van der Waals surface area contributed by atoms with Crippen molar-refractivity contribution in [2.24, 2.45) is 0 Å². The van der Waals surface area contributed by atoms with Crippen molar-refractivity contribution >= 4 is 39.5 Å². The Bertz CT molecular complexity index is 2740. The Morgan fingerprint density at radius 3 is 0.827 bits per heavy atom. The number of esters is 4. The molecule has 3 N–H and O–H groups in total. The number of phosphoric acid groups is 2. The molecule has 5 unspecified atom stereocenters. The van der Waals surface area contributed by atoms with Crippen LogP contribution < -0.4 is 0 Å². The van der Waals surface area contributed by atoms with Gasteiger partial charge in [-0.05, 0) is 161 Å². The molecule has 0 aliphatic rings. The van der Waals surface area contributed by atoms with Crippen LogP contribution in [-0.2, 0) is 65.4 Å². The van der Waals surface area contributed by atoms with Gasteiger partial charge in [0.1, 0.15) is 19.3 Å². The first-order valence-corrected chi connectivity index (χ1v) is 41.7. The molecule has 0 aliphatic heterocycles. The molecule has 104 heavy (non-hydrogen) atoms. The number of rotatable bonds is 70. The third-order valence-corrected chi connectivity index (χ3v) is 17.0. The number of ether oxygens (including phenoxy) is 4. The number of aliphatic hydroxyl groups excluding tert-OH is 1. The Labute approximate surface area is 627 Å². The Morgan fingerprint density at radius 2 is 0.510 bits per heavy atom. The van der Waals surface area contributed by atoms with Gasteiger partial charge < -0.3 is 33.8 Å². The van der Waals surface area contributed by atoms with Crippen molar-refractivity contribution < 1.29 is 80.2 Å². The van der Waals surface area contributed by atoms with Crippen molar-refractivity contribution in [3.63, 3.8) is 0 Å². The summed E-state index contributed by atoms with van der Waals surface area (Å²) in [6.45, 7) is 4.18. The molecule has 586 valence electrons. The topological polar surface area (TPSA) is 237 Å². The minimum Gasteiger partial charge on any atom is -0.462 e. The van der Waals surface area contributed by atoms with Crippen molar-refractivity contribution in [1.29, 1.82) is 0 Å². The standard InChI is InChI=1S/C85H134O17P2/c1-5-9-13-17-21-25-29-33-37-38-39-40-44-46-50-54-58-62-66-70-83(88)96-76-81(102-85(90)72-68-64-60-56-52-48-43-36-32-28-24-20-16-12-8-4)78-100-104(93,94)98-74-79(86)73-97-103(91,92)99-77-80(101-84(89)71-67-63-59-55-51-47-42-35-31-27-23-19-15-11-7-3)75-95-82(87)69-65-61-57-53-49-45-41-34-30-26-22-18-14-10-6-2/h9-16,21-28,33-37,39-43,49,52-53,56,64,68,79-81,86H,5-8,17-20,29-32,38,44-48,50-51,54-55,57-63,65-67,69-78H2,1-4H3,(H,91,92)(H,93,94)/b13-9-,14-10-,15-11-,16-12-,25-21-,26-22-,27-23-,28-24-,37-33-,40-39-,41-34-,42-35-,43-36-,53-49-,56-52-,68-64-. The van der Waals surface area contributed by atoms with Crippen molar-refractivity contribution in [3.05, 3.63) is 194 Å². The maximum Gasteiger partial charge on any atom is 0.472 e. The quantitative estimate of drug-likeness (QED) is 0.0169. The Balaban J connectivity index is 5.50. The number of allylic oxidation sites excluding steroid dienone is 31. The maximum atomic E-state index is 13.1. The molecule has 0 saturated carbocycles. The highest BCUT2D eigenvalue weighted by Gasteiger charge is 2.30. The lowest BCUT2D eigenvalue weighted by atomic mass is 10.1. The van der Waals surface area contributed by atoms with Gasteiger partial charge in [0.05, 0.1) is 32.8 Å². The largest absolute Gasteiger partial charge is 0.472 e. The molecule has 0 fully saturated rings. The molecular formula is C85H134O17P2. The van der Waals surface area contributed by atoms with E-state index in [0.29, 0.717) is 25.7 Å². The van der Waals surface area contributed by atoms with Crippen molar-refractivity contribution in [2.45, 2.75) is 277 Å². The van der Waals surface area contributed by atoms with Crippen LogP contribution in [-0.4, -0.2) is 96.7 Å². The number of aliphatic hydroxyl groups is 1. The van der Waals surface area contributed by atoms with Crippen LogP contribution in [0.15, 0.2) is 194 Å². The van der Waals surface area contributed by atoms with Gasteiger partial charge >= 0.3 is 39.5 Å². The second-order valence-electron chi connectivity index (χ2n) is 24.8. The van der Waals surface area contributed by atoms with Gasteiger partial charge in [0.15, 0.2) is 12.2 Å². The summed E-state index contributed by atoms with van der Waals surface area (Å²) >= 11 is 0. The number of hydrogen-bond donors (Lipinski definition) is 3. The molecule has 19 heteroatoms. The van der Waals surface area contributed by atoms with E-state index in [-0.39, 0.29) is 25.7 Å². The molecule has 0 heterocycles. The molecule has 0 aliphatic carbocycles. The monoisotopic (exact) mass is 1490 g/mol. The lowest BCUT2D eigenvalue weighted by Crippen LogP contribution is -2.30. The maximum absolute atomic E-state index is 13.1. The van der Waals surface area contributed by atoms with Gasteiger partial charge in [0.2, 0.25) is 0 Å². The van der Waals surface area contributed by atoms with Crippen LogP contribution in [0.4, 0.5) is 0 Å². The highest BCUT2D eigenvalue weighted by molar-refractivity contribution is 7.47. The Kier molecular flexibility index (Phi) is 70.7. The normalized spacial score (nSPS) is 15.0. The van der Waals surface area contributed by atoms with Gasteiger partial charge in [-0.15, -0.1) is 0 Å². The Morgan fingerprint density at radius 1 is 0.279 bits per heavy atom. The summed E-state index contributed by atoms with van der Waals surface area (Å²) in [7, 11) is -10.0. The molecule has 0 aromatic heterocycles. The van der Waals surface area contributed by atoms with Gasteiger partial charge in [-0.2, -0.15) is 0 Å². The highest BCUT2D eigenvalue weighted by atomic mass is 31.2. The highest BCUT2D eigenvalue weighted by Crippen LogP contribution is 2.45. The van der Waals surface area contributed by atoms with E-state index in [9.17, 15) is 43.2 Å². The van der Waals surface area contributed by atoms with E-state index in [2.05, 4.69) is 198 Å². The summed E-state index contributed by atoms with van der Waals surface area (Å²) < 4.78 is 68.3. The summed E-state index contributed by atoms with van der Waals surface area (Å²) in [5, 5.41) is 10.6. The summed E-state index contributed by atoms with van der Waals surface area (Å²) in [5.41, 5.74) is 0. The number of carbonyl (C=O) groups is 4. The molecule has 5 atom stereocenters. The number of phosphoric ester groups is 2. The molecule has 0 spiro atoms. The van der Waals surface area contributed by atoms with Gasteiger partial charge in [-0.3, -0.25) is 37.3 Å². The molecule has 0 saturated heterocycles. The first-order chi connectivity index (χ1) is 50.7. The van der Waals surface area contributed by atoms with Crippen LogP contribution in [0.5, 0.6) is 0 Å². The van der Waals surface area contributed by atoms with Crippen LogP contribution in [0.3, 0.4) is 0 Å². The van der Waals surface area contributed by atoms with E-state index < -0.39 is 97.5 Å². The lowest BCUT2D eigenvalue weighted by molar-refractivity contribution is -0.161. The SMILES string of the molecule is CC/C=C\C/C=C\C/C=C\C/C=C\C/C=C\CC(=O)OC(COC(=O)CCCCCCCC/C=C\C/C=C\C/C=C\C/C=C\CC)COP(=O)(O)OCC(O)COP(=O)(O)OCC(COC(=O)CCCC/C=C\C/C=C\C/C=C\C/C=C\CC)OC(=O)CCCCCCC/C=C\C/C=C\C/C=C\CC. The van der Waals surface area contributed by atoms with Crippen LogP contribution in [0.2, 0.25) is 0 Å². The first kappa shape index (κ1) is 97.9. The molecule has 0 aromatic carbocycles. The van der Waals surface area contributed by atoms with E-state index in [4.69, 9.17) is 37.0 Å². The van der Waals surface area contributed by atoms with Crippen LogP contribution in [0.25, 0.3) is 0 Å². The van der Waals surface area contributed by atoms with E-state index in [1.54, 1.807) is 12.2 Å². The fraction of sp³-hybridized carbons (Fsp3) is 0.576. The third-order valence-electron chi connectivity index (χ3n) is 15.1. The third kappa shape index (κ3) is 74.2. The van der Waals surface area contributed by atoms with E-state index in [1.807, 2.05) is 12.2 Å². The predicted molar refractivity (Wildman–Crippen MR) is 426 cm³/mol. The minimum atomic E-state index is -5.02. The zero-order chi connectivity index (χ0) is 76.0. The smallest absolute Gasteiger partial charge is 0.462 e. The average Bonchev–Trinajstić information content (AvgIpc) is 0.999. The molecule has 0 radical (unpaired) electrons. The zero-order valence-corrected chi connectivity index (χ0v) is 65.6. The fourth-order valence-corrected chi connectivity index (χ4v) is 10.9. The fourth-order valence-electron chi connectivity index (χ4n) is 9.35. The second-order valence-corrected chi connectivity index (χ2v) is 27.7. The summed E-state index contributed by atoms with van der Waals surface area (Å²) in [5.74, 6) is -2.43. The predicted octanol–water partition coefficient (Wildman–Crippen LogP) is 22.5. The Hall–Kier alpha value is -6.10. The summed E-state index contributed by atoms with van der Waals surface area (Å²) in [6, 6.07) is 0. The number of unbranched alkanes of at least 4 members (excludes halogenated alkanes) is 13. The molecule has 0 bridgehead atoms. The molecule has 0 rings (SSSR count). The van der Waals surface area contributed by atoms with Gasteiger partial charge in [-0.1, -0.05) is 267 Å². The molecule has 0 aromatic rings. The van der Waals surface area contributed by atoms with Crippen molar-refractivity contribution in [3.8, 4) is 0 Å². The zero-order valence-electron chi connectivity index (χ0n) is 63.9. The lowest BCUT2D eigenvalue weighted by Gasteiger charge is -2.21. The number of carbonyl (C=O) groups excluding carboxylic acids is 4. The van der Waals surface area contributed by atoms with Crippen LogP contribution >= 0.6 is 15.6 Å². The van der Waals surface area contributed by atoms with E-state index in [0.717, 1.165) is 180 Å². The molecular weight excluding hydrogens is 1350 g/mol. The molecule has 0 amide bonds. The first-order valence-electron chi connectivity index (χ1n) is 38.7.